The number of thiazole rings is 1. The Morgan fingerprint density at radius 2 is 2.26 bits per heavy atom. The van der Waals surface area contributed by atoms with E-state index in [0.717, 1.165) is 0 Å². The van der Waals surface area contributed by atoms with Crippen molar-refractivity contribution < 1.29 is 13.2 Å². The molecule has 102 valence electrons. The summed E-state index contributed by atoms with van der Waals surface area (Å²) in [5.41, 5.74) is 6.04. The summed E-state index contributed by atoms with van der Waals surface area (Å²) >= 11 is 1.39. The van der Waals surface area contributed by atoms with E-state index in [-0.39, 0.29) is 11.4 Å². The van der Waals surface area contributed by atoms with E-state index in [1.807, 2.05) is 0 Å². The minimum atomic E-state index is -3.60. The maximum Gasteiger partial charge on any atom is 0.241 e. The Hall–Kier alpha value is -1.64. The van der Waals surface area contributed by atoms with Crippen LogP contribution < -0.4 is 15.2 Å². The van der Waals surface area contributed by atoms with Crippen molar-refractivity contribution in [3.63, 3.8) is 0 Å². The van der Waals surface area contributed by atoms with Crippen LogP contribution in [0.5, 0.6) is 5.75 Å². The highest BCUT2D eigenvalue weighted by Gasteiger charge is 2.16. The predicted octanol–water partition coefficient (Wildman–Crippen LogP) is 1.21. The lowest BCUT2D eigenvalue weighted by molar-refractivity contribution is 0.415. The fourth-order valence-corrected chi connectivity index (χ4v) is 3.09. The molecular formula is C11H13N3O3S2. The molecule has 0 amide bonds. The number of anilines is 1. The molecule has 2 rings (SSSR count). The molecule has 0 radical (unpaired) electrons. The third-order valence-electron chi connectivity index (χ3n) is 2.41. The second kappa shape index (κ2) is 5.55. The highest BCUT2D eigenvalue weighted by Crippen LogP contribution is 2.24. The van der Waals surface area contributed by atoms with Gasteiger partial charge < -0.3 is 10.5 Å². The molecule has 1 heterocycles. The molecule has 0 aliphatic heterocycles. The van der Waals surface area contributed by atoms with Crippen molar-refractivity contribution in [1.29, 1.82) is 0 Å². The average Bonchev–Trinajstić information content (AvgIpc) is 2.90. The molecule has 2 aromatic rings. The Labute approximate surface area is 115 Å². The van der Waals surface area contributed by atoms with Crippen LogP contribution in [0.1, 0.15) is 5.01 Å². The van der Waals surface area contributed by atoms with Crippen molar-refractivity contribution in [1.82, 2.24) is 9.71 Å². The van der Waals surface area contributed by atoms with E-state index < -0.39 is 10.0 Å². The molecule has 1 aromatic heterocycles. The summed E-state index contributed by atoms with van der Waals surface area (Å²) in [4.78, 5) is 4.11. The molecule has 3 N–H and O–H groups in total. The normalized spacial score (nSPS) is 11.4. The van der Waals surface area contributed by atoms with Gasteiger partial charge in [0.15, 0.2) is 0 Å². The Morgan fingerprint density at radius 3 is 2.89 bits per heavy atom. The van der Waals surface area contributed by atoms with Gasteiger partial charge in [-0.05, 0) is 12.1 Å². The summed E-state index contributed by atoms with van der Waals surface area (Å²) in [6, 6.07) is 4.32. The van der Waals surface area contributed by atoms with Crippen LogP contribution in [0.25, 0.3) is 0 Å². The van der Waals surface area contributed by atoms with Gasteiger partial charge in [0.25, 0.3) is 0 Å². The van der Waals surface area contributed by atoms with Gasteiger partial charge in [-0.1, -0.05) is 0 Å². The second-order valence-corrected chi connectivity index (χ2v) is 6.40. The maximum absolute atomic E-state index is 12.1. The van der Waals surface area contributed by atoms with Gasteiger partial charge in [-0.3, -0.25) is 0 Å². The number of rotatable bonds is 5. The van der Waals surface area contributed by atoms with Gasteiger partial charge in [-0.2, -0.15) is 0 Å². The molecule has 0 unspecified atom stereocenters. The van der Waals surface area contributed by atoms with Gasteiger partial charge in [0.05, 0.1) is 24.2 Å². The SMILES string of the molecule is COc1cc(S(=O)(=O)NCc2nccs2)ccc1N. The predicted molar refractivity (Wildman–Crippen MR) is 73.5 cm³/mol. The third-order valence-corrected chi connectivity index (χ3v) is 4.59. The number of sulfonamides is 1. The van der Waals surface area contributed by atoms with Gasteiger partial charge in [0.1, 0.15) is 10.8 Å². The van der Waals surface area contributed by atoms with Gasteiger partial charge in [0, 0.05) is 17.6 Å². The Bertz CT molecular complexity index is 654. The van der Waals surface area contributed by atoms with Crippen molar-refractivity contribution in [3.8, 4) is 5.75 Å². The zero-order valence-corrected chi connectivity index (χ0v) is 11.8. The summed E-state index contributed by atoms with van der Waals surface area (Å²) < 4.78 is 31.6. The molecule has 0 fully saturated rings. The Kier molecular flexibility index (Phi) is 4.03. The highest BCUT2D eigenvalue weighted by molar-refractivity contribution is 7.89. The van der Waals surface area contributed by atoms with Crippen LogP contribution in [0, 0.1) is 0 Å². The van der Waals surface area contributed by atoms with E-state index in [2.05, 4.69) is 9.71 Å². The molecule has 0 aliphatic rings. The summed E-state index contributed by atoms with van der Waals surface area (Å²) in [5.74, 6) is 0.331. The van der Waals surface area contributed by atoms with Crippen LogP contribution in [-0.2, 0) is 16.6 Å². The number of benzene rings is 1. The van der Waals surface area contributed by atoms with E-state index in [9.17, 15) is 8.42 Å². The van der Waals surface area contributed by atoms with Crippen LogP contribution in [0.4, 0.5) is 5.69 Å². The zero-order valence-electron chi connectivity index (χ0n) is 10.2. The summed E-state index contributed by atoms with van der Waals surface area (Å²) in [5, 5.41) is 2.49. The van der Waals surface area contributed by atoms with Crippen LogP contribution in [0.3, 0.4) is 0 Å². The average molecular weight is 299 g/mol. The zero-order chi connectivity index (χ0) is 13.9. The van der Waals surface area contributed by atoms with E-state index >= 15 is 0 Å². The summed E-state index contributed by atoms with van der Waals surface area (Å²) in [7, 11) is -2.17. The molecular weight excluding hydrogens is 286 g/mol. The monoisotopic (exact) mass is 299 g/mol. The van der Waals surface area contributed by atoms with E-state index in [1.54, 1.807) is 11.6 Å². The fraction of sp³-hybridized carbons (Fsp3) is 0.182. The molecule has 0 saturated carbocycles. The van der Waals surface area contributed by atoms with Crippen LogP contribution >= 0.6 is 11.3 Å². The largest absolute Gasteiger partial charge is 0.495 e. The molecule has 1 aromatic carbocycles. The lowest BCUT2D eigenvalue weighted by Crippen LogP contribution is -2.23. The van der Waals surface area contributed by atoms with Crippen molar-refractivity contribution in [3.05, 3.63) is 34.8 Å². The number of aromatic nitrogens is 1. The van der Waals surface area contributed by atoms with Gasteiger partial charge >= 0.3 is 0 Å². The lowest BCUT2D eigenvalue weighted by Gasteiger charge is -2.08. The lowest BCUT2D eigenvalue weighted by atomic mass is 10.3. The Balaban J connectivity index is 2.19. The van der Waals surface area contributed by atoms with Crippen molar-refractivity contribution in [2.75, 3.05) is 12.8 Å². The van der Waals surface area contributed by atoms with Crippen LogP contribution in [0.2, 0.25) is 0 Å². The first-order valence-electron chi connectivity index (χ1n) is 5.34. The van der Waals surface area contributed by atoms with Gasteiger partial charge in [-0.15, -0.1) is 11.3 Å². The van der Waals surface area contributed by atoms with Crippen LogP contribution in [-0.4, -0.2) is 20.5 Å². The smallest absolute Gasteiger partial charge is 0.241 e. The van der Waals surface area contributed by atoms with E-state index in [0.29, 0.717) is 16.4 Å². The van der Waals surface area contributed by atoms with Crippen LogP contribution in [0.15, 0.2) is 34.7 Å². The first-order chi connectivity index (χ1) is 9.03. The number of nitrogens with two attached hydrogens (primary N) is 1. The number of hydrogen-bond donors (Lipinski definition) is 2. The molecule has 0 saturated heterocycles. The van der Waals surface area contributed by atoms with E-state index in [1.165, 1.54) is 36.6 Å². The molecule has 0 bridgehead atoms. The van der Waals surface area contributed by atoms with Gasteiger partial charge in [0.2, 0.25) is 10.0 Å². The molecule has 0 atom stereocenters. The standard InChI is InChI=1S/C11H13N3O3S2/c1-17-10-6-8(2-3-9(10)12)19(15,16)14-7-11-13-4-5-18-11/h2-6,14H,7,12H2,1H3. The third kappa shape index (κ3) is 3.22. The van der Waals surface area contributed by atoms with Gasteiger partial charge in [-0.25, -0.2) is 18.1 Å². The molecule has 8 heteroatoms. The molecule has 19 heavy (non-hydrogen) atoms. The molecule has 0 spiro atoms. The van der Waals surface area contributed by atoms with Crippen molar-refractivity contribution in [2.45, 2.75) is 11.4 Å². The number of hydrogen-bond acceptors (Lipinski definition) is 6. The number of nitrogen functional groups attached to an aromatic ring is 1. The summed E-state index contributed by atoms with van der Waals surface area (Å²) in [6.45, 7) is 0.159. The maximum atomic E-state index is 12.1. The van der Waals surface area contributed by atoms with Crippen molar-refractivity contribution >= 4 is 27.0 Å². The molecule has 0 aliphatic carbocycles. The Morgan fingerprint density at radius 1 is 1.47 bits per heavy atom. The topological polar surface area (TPSA) is 94.3 Å². The first kappa shape index (κ1) is 13.8. The molecule has 6 nitrogen and oxygen atoms in total. The quantitative estimate of drug-likeness (QED) is 0.809. The first-order valence-corrected chi connectivity index (χ1v) is 7.71. The number of methoxy groups -OCH3 is 1. The second-order valence-electron chi connectivity index (χ2n) is 3.65. The fourth-order valence-electron chi connectivity index (χ4n) is 1.44. The number of ether oxygens (including phenoxy) is 1. The number of nitrogens with one attached hydrogen (secondary N) is 1. The van der Waals surface area contributed by atoms with Crippen molar-refractivity contribution in [2.24, 2.45) is 0 Å². The minimum absolute atomic E-state index is 0.107. The summed E-state index contributed by atoms with van der Waals surface area (Å²) in [6.07, 6.45) is 1.63. The minimum Gasteiger partial charge on any atom is -0.495 e. The van der Waals surface area contributed by atoms with E-state index in [4.69, 9.17) is 10.5 Å². The number of nitrogens with zero attached hydrogens (tertiary/aromatic N) is 1. The highest BCUT2D eigenvalue weighted by atomic mass is 32.2.